The first kappa shape index (κ1) is 11.6. The second-order valence-corrected chi connectivity index (χ2v) is 4.52. The fourth-order valence-electron chi connectivity index (χ4n) is 1.57. The lowest BCUT2D eigenvalue weighted by Crippen LogP contribution is -2.22. The van der Waals surface area contributed by atoms with Crippen LogP contribution in [0.1, 0.15) is 25.6 Å². The first-order valence-corrected chi connectivity index (χ1v) is 6.02. The summed E-state index contributed by atoms with van der Waals surface area (Å²) < 4.78 is 0. The highest BCUT2D eigenvalue weighted by Crippen LogP contribution is 2.32. The van der Waals surface area contributed by atoms with Gasteiger partial charge >= 0.3 is 0 Å². The van der Waals surface area contributed by atoms with Gasteiger partial charge in [0.15, 0.2) is 0 Å². The van der Waals surface area contributed by atoms with Crippen LogP contribution in [0.2, 0.25) is 5.15 Å². The number of aryl methyl sites for hydroxylation is 1. The average molecular weight is 242 g/mol. The Hall–Kier alpha value is -0.870. The zero-order valence-corrected chi connectivity index (χ0v) is 10.0. The van der Waals surface area contributed by atoms with Crippen LogP contribution in [0.25, 0.3) is 0 Å². The second kappa shape index (κ2) is 4.97. The summed E-state index contributed by atoms with van der Waals surface area (Å²) in [4.78, 5) is 8.36. The third-order valence-corrected chi connectivity index (χ3v) is 2.91. The van der Waals surface area contributed by atoms with Gasteiger partial charge in [0.05, 0.1) is 6.10 Å². The maximum Gasteiger partial charge on any atom is 0.134 e. The van der Waals surface area contributed by atoms with Gasteiger partial charge < -0.3 is 10.4 Å². The van der Waals surface area contributed by atoms with Crippen LogP contribution < -0.4 is 5.32 Å². The highest BCUT2D eigenvalue weighted by Gasteiger charge is 2.29. The van der Waals surface area contributed by atoms with Crippen molar-refractivity contribution in [2.75, 3.05) is 11.9 Å². The average Bonchev–Trinajstić information content (AvgIpc) is 3.08. The minimum Gasteiger partial charge on any atom is -0.391 e. The molecule has 88 valence electrons. The van der Waals surface area contributed by atoms with Gasteiger partial charge in [-0.15, -0.1) is 0 Å². The first-order chi connectivity index (χ1) is 7.69. The molecule has 0 saturated heterocycles. The number of aliphatic hydroxyl groups is 1. The lowest BCUT2D eigenvalue weighted by atomic mass is 10.2. The van der Waals surface area contributed by atoms with E-state index in [9.17, 15) is 5.11 Å². The maximum atomic E-state index is 9.71. The molecule has 16 heavy (non-hydrogen) atoms. The zero-order valence-electron chi connectivity index (χ0n) is 9.28. The predicted molar refractivity (Wildman–Crippen MR) is 63.6 cm³/mol. The van der Waals surface area contributed by atoms with E-state index in [0.29, 0.717) is 23.4 Å². The van der Waals surface area contributed by atoms with Gasteiger partial charge in [-0.25, -0.2) is 9.97 Å². The van der Waals surface area contributed by atoms with Crippen LogP contribution in [0.4, 0.5) is 5.82 Å². The van der Waals surface area contributed by atoms with Gasteiger partial charge in [0.2, 0.25) is 0 Å². The van der Waals surface area contributed by atoms with Gasteiger partial charge in [0, 0.05) is 19.0 Å². The molecule has 1 aromatic heterocycles. The summed E-state index contributed by atoms with van der Waals surface area (Å²) in [6.07, 6.45) is 2.74. The molecule has 1 unspecified atom stereocenters. The molecule has 1 saturated carbocycles. The van der Waals surface area contributed by atoms with Crippen LogP contribution in [0.3, 0.4) is 0 Å². The van der Waals surface area contributed by atoms with Crippen molar-refractivity contribution < 1.29 is 5.11 Å². The van der Waals surface area contributed by atoms with Gasteiger partial charge in [-0.3, -0.25) is 0 Å². The Morgan fingerprint density at radius 2 is 2.31 bits per heavy atom. The molecule has 0 radical (unpaired) electrons. The first-order valence-electron chi connectivity index (χ1n) is 5.64. The molecule has 1 heterocycles. The maximum absolute atomic E-state index is 9.71. The molecule has 1 aliphatic rings. The minimum absolute atomic E-state index is 0.279. The fraction of sp³-hybridized carbons (Fsp3) is 0.636. The van der Waals surface area contributed by atoms with Gasteiger partial charge in [-0.05, 0) is 18.8 Å². The van der Waals surface area contributed by atoms with E-state index in [2.05, 4.69) is 15.3 Å². The summed E-state index contributed by atoms with van der Waals surface area (Å²) in [7, 11) is 0. The topological polar surface area (TPSA) is 58.0 Å². The van der Waals surface area contributed by atoms with E-state index in [-0.39, 0.29) is 6.10 Å². The van der Waals surface area contributed by atoms with Crippen LogP contribution in [-0.2, 0) is 6.42 Å². The van der Waals surface area contributed by atoms with Crippen molar-refractivity contribution in [3.63, 3.8) is 0 Å². The normalized spacial score (nSPS) is 17.2. The van der Waals surface area contributed by atoms with Gasteiger partial charge in [0.25, 0.3) is 0 Å². The number of aliphatic hydroxyl groups excluding tert-OH is 1. The number of aromatic nitrogens is 2. The molecule has 4 nitrogen and oxygen atoms in total. The Morgan fingerprint density at radius 3 is 2.94 bits per heavy atom. The van der Waals surface area contributed by atoms with Crippen LogP contribution in [0.5, 0.6) is 0 Å². The number of nitrogens with zero attached hydrogens (tertiary/aromatic N) is 2. The molecule has 0 spiro atoms. The lowest BCUT2D eigenvalue weighted by Gasteiger charge is -2.11. The summed E-state index contributed by atoms with van der Waals surface area (Å²) in [5, 5.41) is 13.2. The SMILES string of the molecule is CCc1nc(Cl)cc(NCC(O)C2CC2)n1. The van der Waals surface area contributed by atoms with Crippen LogP contribution in [0.15, 0.2) is 6.07 Å². The zero-order chi connectivity index (χ0) is 11.5. The highest BCUT2D eigenvalue weighted by molar-refractivity contribution is 6.29. The summed E-state index contributed by atoms with van der Waals surface area (Å²) in [5.41, 5.74) is 0. The van der Waals surface area contributed by atoms with E-state index in [4.69, 9.17) is 11.6 Å². The molecule has 2 rings (SSSR count). The molecule has 1 aromatic rings. The molecule has 2 N–H and O–H groups in total. The predicted octanol–water partition coefficient (Wildman–Crippen LogP) is 1.88. The Morgan fingerprint density at radius 1 is 1.56 bits per heavy atom. The molecule has 0 bridgehead atoms. The minimum atomic E-state index is -0.279. The largest absolute Gasteiger partial charge is 0.391 e. The molecule has 1 fully saturated rings. The van der Waals surface area contributed by atoms with E-state index in [1.54, 1.807) is 6.07 Å². The quantitative estimate of drug-likeness (QED) is 0.773. The monoisotopic (exact) mass is 241 g/mol. The number of rotatable bonds is 5. The summed E-state index contributed by atoms with van der Waals surface area (Å²) in [6.45, 7) is 2.51. The smallest absolute Gasteiger partial charge is 0.134 e. The highest BCUT2D eigenvalue weighted by atomic mass is 35.5. The van der Waals surface area contributed by atoms with Crippen LogP contribution in [0, 0.1) is 5.92 Å². The number of hydrogen-bond donors (Lipinski definition) is 2. The summed E-state index contributed by atoms with van der Waals surface area (Å²) >= 11 is 5.87. The van der Waals surface area contributed by atoms with E-state index in [1.807, 2.05) is 6.92 Å². The van der Waals surface area contributed by atoms with Crippen molar-refractivity contribution in [1.82, 2.24) is 9.97 Å². The third kappa shape index (κ3) is 3.06. The Labute approximate surface area is 100 Å². The van der Waals surface area contributed by atoms with E-state index < -0.39 is 0 Å². The van der Waals surface area contributed by atoms with Crippen molar-refractivity contribution in [1.29, 1.82) is 0 Å². The Kier molecular flexibility index (Phi) is 3.61. The summed E-state index contributed by atoms with van der Waals surface area (Å²) in [6, 6.07) is 1.68. The molecule has 0 amide bonds. The number of nitrogens with one attached hydrogen (secondary N) is 1. The molecule has 0 aromatic carbocycles. The van der Waals surface area contributed by atoms with Crippen molar-refractivity contribution >= 4 is 17.4 Å². The van der Waals surface area contributed by atoms with Crippen LogP contribution >= 0.6 is 11.6 Å². The molecular weight excluding hydrogens is 226 g/mol. The van der Waals surface area contributed by atoms with Gasteiger partial charge in [-0.2, -0.15) is 0 Å². The molecule has 5 heteroatoms. The molecular formula is C11H16ClN3O. The van der Waals surface area contributed by atoms with Crippen LogP contribution in [-0.4, -0.2) is 27.7 Å². The third-order valence-electron chi connectivity index (χ3n) is 2.72. The molecule has 1 atom stereocenters. The van der Waals surface area contributed by atoms with Crippen molar-refractivity contribution in [2.24, 2.45) is 5.92 Å². The number of anilines is 1. The molecule has 1 aliphatic carbocycles. The Bertz CT molecular complexity index is 368. The second-order valence-electron chi connectivity index (χ2n) is 4.13. The van der Waals surface area contributed by atoms with E-state index in [1.165, 1.54) is 0 Å². The van der Waals surface area contributed by atoms with Crippen molar-refractivity contribution in [2.45, 2.75) is 32.3 Å². The lowest BCUT2D eigenvalue weighted by molar-refractivity contribution is 0.164. The fourth-order valence-corrected chi connectivity index (χ4v) is 1.77. The van der Waals surface area contributed by atoms with E-state index in [0.717, 1.165) is 25.1 Å². The van der Waals surface area contributed by atoms with E-state index >= 15 is 0 Å². The van der Waals surface area contributed by atoms with Crippen molar-refractivity contribution in [3.05, 3.63) is 17.0 Å². The number of halogens is 1. The Balaban J connectivity index is 1.94. The number of hydrogen-bond acceptors (Lipinski definition) is 4. The summed E-state index contributed by atoms with van der Waals surface area (Å²) in [5.74, 6) is 1.88. The van der Waals surface area contributed by atoms with Gasteiger partial charge in [0.1, 0.15) is 16.8 Å². The van der Waals surface area contributed by atoms with Gasteiger partial charge in [-0.1, -0.05) is 18.5 Å². The van der Waals surface area contributed by atoms with Crippen molar-refractivity contribution in [3.8, 4) is 0 Å². The molecule has 0 aliphatic heterocycles. The standard InChI is InChI=1S/C11H16ClN3O/c1-2-10-14-9(12)5-11(15-10)13-6-8(16)7-3-4-7/h5,7-8,16H,2-4,6H2,1H3,(H,13,14,15).